The summed E-state index contributed by atoms with van der Waals surface area (Å²) in [6, 6.07) is 5.04. The van der Waals surface area contributed by atoms with Crippen LogP contribution in [-0.2, 0) is 32.3 Å². The lowest BCUT2D eigenvalue weighted by Crippen LogP contribution is -2.48. The standard InChI is InChI=1S/C23H29F2N5O4.C18H23F2N5O2/c1-14(2)19(31)5-4-6-20(32)28-12-17-9-16(7-8-27-17)21(33)29-15(3)22(34)30-13-23(24,25)10-18(30)11-26;1-11(2)23-9-14-6-13(4-5-22-14)16(26)24-12(3)17(27)25-10-18(19,20)7-15(25)8-21/h7-9,14-15,18H,4-6,10,12-13H2,1-3H3,(H,28,32)(H,29,33);4-6,11-12,15,23H,7,9-10H2,1-3H3,(H,24,26)/t15-,18+;12-,15+/m11/s1. The van der Waals surface area contributed by atoms with Crippen LogP contribution in [0.2, 0.25) is 0 Å². The minimum absolute atomic E-state index is 0.0665. The zero-order valence-electron chi connectivity index (χ0n) is 34.9. The van der Waals surface area contributed by atoms with Crippen LogP contribution in [-0.4, -0.2) is 110 Å². The molecule has 0 radical (unpaired) electrons. The second-order valence-corrected chi connectivity index (χ2v) is 15.6. The Bertz CT molecular complexity index is 2000. The van der Waals surface area contributed by atoms with Gasteiger partial charge in [-0.1, -0.05) is 27.7 Å². The predicted octanol–water partition coefficient (Wildman–Crippen LogP) is 3.43. The van der Waals surface area contributed by atoms with Crippen LogP contribution in [0.25, 0.3) is 0 Å². The molecule has 4 N–H and O–H groups in total. The number of ketones is 1. The highest BCUT2D eigenvalue weighted by Crippen LogP contribution is 2.33. The van der Waals surface area contributed by atoms with Crippen LogP contribution >= 0.6 is 0 Å². The van der Waals surface area contributed by atoms with Crippen molar-refractivity contribution in [3.05, 3.63) is 59.2 Å². The van der Waals surface area contributed by atoms with Gasteiger partial charge < -0.3 is 31.1 Å². The van der Waals surface area contributed by atoms with E-state index >= 15 is 0 Å². The summed E-state index contributed by atoms with van der Waals surface area (Å²) in [5.74, 6) is -9.06. The molecule has 2 aromatic heterocycles. The molecule has 330 valence electrons. The van der Waals surface area contributed by atoms with E-state index in [1.807, 2.05) is 27.7 Å². The number of likely N-dealkylation sites (tertiary alicyclic amines) is 2. The number of carbonyl (C=O) groups excluding carboxylic acids is 6. The topological polar surface area (TPSA) is 230 Å². The highest BCUT2D eigenvalue weighted by atomic mass is 19.3. The van der Waals surface area contributed by atoms with Gasteiger partial charge in [-0.05, 0) is 44.5 Å². The van der Waals surface area contributed by atoms with E-state index in [-0.39, 0.29) is 42.2 Å². The van der Waals surface area contributed by atoms with Crippen LogP contribution in [0, 0.1) is 28.6 Å². The monoisotopic (exact) mass is 856 g/mol. The number of hydrogen-bond donors (Lipinski definition) is 4. The lowest BCUT2D eigenvalue weighted by atomic mass is 10.0. The smallest absolute Gasteiger partial charge is 0.268 e. The highest BCUT2D eigenvalue weighted by Gasteiger charge is 2.49. The van der Waals surface area contributed by atoms with Gasteiger partial charge in [-0.25, -0.2) is 17.6 Å². The van der Waals surface area contributed by atoms with Crippen molar-refractivity contribution in [2.75, 3.05) is 13.1 Å². The van der Waals surface area contributed by atoms with E-state index in [1.54, 1.807) is 18.2 Å². The fourth-order valence-electron chi connectivity index (χ4n) is 6.24. The molecule has 0 aliphatic carbocycles. The van der Waals surface area contributed by atoms with Gasteiger partial charge in [0, 0.05) is 67.7 Å². The summed E-state index contributed by atoms with van der Waals surface area (Å²) < 4.78 is 54.2. The molecule has 0 aromatic carbocycles. The first-order valence-electron chi connectivity index (χ1n) is 19.8. The Morgan fingerprint density at radius 1 is 0.738 bits per heavy atom. The molecule has 16 nitrogen and oxygen atoms in total. The van der Waals surface area contributed by atoms with Gasteiger partial charge >= 0.3 is 0 Å². The quantitative estimate of drug-likeness (QED) is 0.179. The summed E-state index contributed by atoms with van der Waals surface area (Å²) in [7, 11) is 0. The Morgan fingerprint density at radius 2 is 1.18 bits per heavy atom. The largest absolute Gasteiger partial charge is 0.350 e. The van der Waals surface area contributed by atoms with Crippen LogP contribution in [0.1, 0.15) is 106 Å². The predicted molar refractivity (Wildman–Crippen MR) is 211 cm³/mol. The summed E-state index contributed by atoms with van der Waals surface area (Å²) in [6.07, 6.45) is 2.41. The molecule has 2 fully saturated rings. The van der Waals surface area contributed by atoms with Gasteiger partial charge in [-0.15, -0.1) is 0 Å². The Labute approximate surface area is 351 Å². The van der Waals surface area contributed by atoms with Crippen molar-refractivity contribution in [2.45, 2.75) is 129 Å². The molecule has 2 aliphatic heterocycles. The van der Waals surface area contributed by atoms with Gasteiger partial charge in [-0.3, -0.25) is 38.7 Å². The summed E-state index contributed by atoms with van der Waals surface area (Å²) in [5.41, 5.74) is 1.56. The molecule has 4 atom stereocenters. The van der Waals surface area contributed by atoms with Crippen molar-refractivity contribution in [1.82, 2.24) is 41.0 Å². The molecular formula is C41H52F4N10O6. The Kier molecular flexibility index (Phi) is 17.8. The summed E-state index contributed by atoms with van der Waals surface area (Å²) >= 11 is 0. The number of amides is 5. The lowest BCUT2D eigenvalue weighted by Gasteiger charge is -2.23. The number of nitrogens with one attached hydrogen (secondary N) is 4. The second-order valence-electron chi connectivity index (χ2n) is 15.6. The number of Topliss-reactive ketones (excluding diaryl/α,β-unsaturated/α-hetero) is 1. The second kappa shape index (κ2) is 22.0. The zero-order chi connectivity index (χ0) is 45.7. The number of halogens is 4. The molecule has 61 heavy (non-hydrogen) atoms. The van der Waals surface area contributed by atoms with Crippen molar-refractivity contribution >= 4 is 35.3 Å². The van der Waals surface area contributed by atoms with Crippen molar-refractivity contribution in [3.8, 4) is 12.1 Å². The van der Waals surface area contributed by atoms with Gasteiger partial charge in [0.15, 0.2) is 0 Å². The molecule has 2 aromatic rings. The molecule has 5 amide bonds. The van der Waals surface area contributed by atoms with Crippen LogP contribution in [0.3, 0.4) is 0 Å². The van der Waals surface area contributed by atoms with E-state index in [1.165, 1.54) is 44.4 Å². The van der Waals surface area contributed by atoms with E-state index in [9.17, 15) is 46.3 Å². The molecule has 0 spiro atoms. The number of nitrogens with zero attached hydrogens (tertiary/aromatic N) is 6. The maximum Gasteiger partial charge on any atom is 0.268 e. The molecule has 2 saturated heterocycles. The van der Waals surface area contributed by atoms with E-state index in [2.05, 4.69) is 31.2 Å². The maximum atomic E-state index is 13.6. The van der Waals surface area contributed by atoms with E-state index in [0.29, 0.717) is 36.3 Å². The van der Waals surface area contributed by atoms with Gasteiger partial charge in [0.1, 0.15) is 30.0 Å². The highest BCUT2D eigenvalue weighted by molar-refractivity contribution is 5.98. The molecule has 2 aliphatic rings. The maximum absolute atomic E-state index is 13.6. The molecule has 4 heterocycles. The number of alkyl halides is 4. The first-order valence-corrected chi connectivity index (χ1v) is 19.8. The number of carbonyl (C=O) groups is 6. The van der Waals surface area contributed by atoms with Crippen LogP contribution in [0.5, 0.6) is 0 Å². The van der Waals surface area contributed by atoms with Crippen LogP contribution in [0.15, 0.2) is 36.7 Å². The summed E-state index contributed by atoms with van der Waals surface area (Å²) in [4.78, 5) is 83.4. The number of rotatable bonds is 16. The van der Waals surface area contributed by atoms with Gasteiger partial charge in [0.2, 0.25) is 17.7 Å². The minimum Gasteiger partial charge on any atom is -0.350 e. The molecule has 0 unspecified atom stereocenters. The number of hydrogen-bond acceptors (Lipinski definition) is 11. The summed E-state index contributed by atoms with van der Waals surface area (Å²) in [5, 5.41) is 28.9. The fourth-order valence-corrected chi connectivity index (χ4v) is 6.24. The van der Waals surface area contributed by atoms with E-state index in [4.69, 9.17) is 10.5 Å². The molecule has 20 heteroatoms. The molecule has 4 rings (SSSR count). The zero-order valence-corrected chi connectivity index (χ0v) is 34.9. The molecule has 0 bridgehead atoms. The van der Waals surface area contributed by atoms with Gasteiger partial charge in [0.25, 0.3) is 23.7 Å². The average Bonchev–Trinajstić information content (AvgIpc) is 3.72. The van der Waals surface area contributed by atoms with Crippen molar-refractivity contribution in [1.29, 1.82) is 10.5 Å². The Morgan fingerprint density at radius 3 is 1.59 bits per heavy atom. The van der Waals surface area contributed by atoms with Crippen molar-refractivity contribution < 1.29 is 46.3 Å². The number of aromatic nitrogens is 2. The van der Waals surface area contributed by atoms with Gasteiger partial charge in [0.05, 0.1) is 43.2 Å². The third kappa shape index (κ3) is 15.2. The summed E-state index contributed by atoms with van der Waals surface area (Å²) in [6.45, 7) is 9.23. The SMILES string of the molecule is CC(C)C(=O)CCCC(=O)NCc1cc(C(=O)N[C@H](C)C(=O)N2CC(F)(F)C[C@H]2C#N)ccn1.CC(C)NCc1cc(C(=O)N[C@H](C)C(=O)N2CC(F)(F)C[C@H]2C#N)ccn1. The third-order valence-corrected chi connectivity index (χ3v) is 9.63. The molecule has 0 saturated carbocycles. The lowest BCUT2D eigenvalue weighted by molar-refractivity contribution is -0.134. The first kappa shape index (κ1) is 49.3. The van der Waals surface area contributed by atoms with E-state index in [0.717, 1.165) is 9.80 Å². The van der Waals surface area contributed by atoms with Crippen molar-refractivity contribution in [2.24, 2.45) is 5.92 Å². The fraction of sp³-hybridized carbons (Fsp3) is 0.561. The number of pyridine rings is 2. The van der Waals surface area contributed by atoms with E-state index < -0.39 is 85.6 Å². The third-order valence-electron chi connectivity index (χ3n) is 9.63. The first-order chi connectivity index (χ1) is 28.6. The number of nitriles is 2. The average molecular weight is 857 g/mol. The normalized spacial score (nSPS) is 18.5. The Hall–Kier alpha value is -6.02. The van der Waals surface area contributed by atoms with Gasteiger partial charge in [-0.2, -0.15) is 10.5 Å². The van der Waals surface area contributed by atoms with Crippen molar-refractivity contribution in [3.63, 3.8) is 0 Å². The molecular weight excluding hydrogens is 805 g/mol. The Balaban J connectivity index is 0.000000334. The van der Waals surface area contributed by atoms with Crippen LogP contribution in [0.4, 0.5) is 17.6 Å². The minimum atomic E-state index is -3.14. The van der Waals surface area contributed by atoms with Crippen LogP contribution < -0.4 is 21.3 Å².